The van der Waals surface area contributed by atoms with Crippen molar-refractivity contribution in [2.75, 3.05) is 13.1 Å². The Labute approximate surface area is 82.5 Å². The molecule has 2 heteroatoms. The second-order valence-corrected chi connectivity index (χ2v) is 3.59. The summed E-state index contributed by atoms with van der Waals surface area (Å²) in [4.78, 5) is 2.41. The number of nitriles is 1. The quantitative estimate of drug-likeness (QED) is 0.631. The lowest BCUT2D eigenvalue weighted by Crippen LogP contribution is -2.37. The highest BCUT2D eigenvalue weighted by Crippen LogP contribution is 2.10. The van der Waals surface area contributed by atoms with Gasteiger partial charge in [-0.05, 0) is 26.3 Å². The summed E-state index contributed by atoms with van der Waals surface area (Å²) in [5.74, 6) is 0.153. The molecule has 0 aliphatic rings. The minimum absolute atomic E-state index is 0.153. The van der Waals surface area contributed by atoms with Crippen molar-refractivity contribution in [3.05, 3.63) is 0 Å². The maximum Gasteiger partial charge on any atom is 0.0666 e. The van der Waals surface area contributed by atoms with Crippen LogP contribution in [0.1, 0.15) is 40.5 Å². The van der Waals surface area contributed by atoms with Gasteiger partial charge in [-0.15, -0.1) is 0 Å². The molecule has 0 saturated carbocycles. The van der Waals surface area contributed by atoms with Crippen LogP contribution in [0.25, 0.3) is 0 Å². The first-order valence-electron chi connectivity index (χ1n) is 5.33. The van der Waals surface area contributed by atoms with Crippen LogP contribution in [0.2, 0.25) is 0 Å². The first-order valence-corrected chi connectivity index (χ1v) is 5.33. The average Bonchev–Trinajstić information content (AvgIpc) is 2.17. The second-order valence-electron chi connectivity index (χ2n) is 3.59. The number of nitrogens with zero attached hydrogens (tertiary/aromatic N) is 2. The van der Waals surface area contributed by atoms with E-state index in [0.29, 0.717) is 6.04 Å². The van der Waals surface area contributed by atoms with Crippen molar-refractivity contribution in [3.8, 4) is 6.07 Å². The normalized spacial score (nSPS) is 13.3. The third-order valence-electron chi connectivity index (χ3n) is 2.59. The molecule has 0 aliphatic heterocycles. The van der Waals surface area contributed by atoms with Crippen LogP contribution < -0.4 is 0 Å². The molecule has 0 amide bonds. The van der Waals surface area contributed by atoms with Gasteiger partial charge in [-0.1, -0.05) is 20.8 Å². The molecule has 2 nitrogen and oxygen atoms in total. The molecule has 0 aromatic heterocycles. The predicted molar refractivity (Wildman–Crippen MR) is 56.4 cm³/mol. The molecule has 0 N–H and O–H groups in total. The zero-order valence-electron chi connectivity index (χ0n) is 9.38. The van der Waals surface area contributed by atoms with Crippen molar-refractivity contribution in [1.29, 1.82) is 5.26 Å². The summed E-state index contributed by atoms with van der Waals surface area (Å²) in [7, 11) is 0. The van der Waals surface area contributed by atoms with Gasteiger partial charge < -0.3 is 0 Å². The molecule has 0 radical (unpaired) electrons. The summed E-state index contributed by atoms with van der Waals surface area (Å²) in [5.41, 5.74) is 0. The van der Waals surface area contributed by atoms with E-state index in [1.807, 2.05) is 6.92 Å². The molecule has 0 saturated heterocycles. The average molecular weight is 182 g/mol. The van der Waals surface area contributed by atoms with Crippen molar-refractivity contribution in [1.82, 2.24) is 4.90 Å². The Morgan fingerprint density at radius 2 is 1.77 bits per heavy atom. The molecular weight excluding hydrogens is 160 g/mol. The third-order valence-corrected chi connectivity index (χ3v) is 2.59. The van der Waals surface area contributed by atoms with Gasteiger partial charge in [0.15, 0.2) is 0 Å². The van der Waals surface area contributed by atoms with Crippen LogP contribution in [-0.2, 0) is 0 Å². The Hall–Kier alpha value is -0.550. The molecule has 0 aliphatic carbocycles. The molecule has 0 rings (SSSR count). The molecule has 1 atom stereocenters. The van der Waals surface area contributed by atoms with Crippen molar-refractivity contribution in [2.24, 2.45) is 5.92 Å². The zero-order valence-corrected chi connectivity index (χ0v) is 9.38. The lowest BCUT2D eigenvalue weighted by molar-refractivity contribution is 0.182. The highest BCUT2D eigenvalue weighted by Gasteiger charge is 2.15. The van der Waals surface area contributed by atoms with E-state index in [1.165, 1.54) is 12.8 Å². The summed E-state index contributed by atoms with van der Waals surface area (Å²) in [6.07, 6.45) is 2.37. The van der Waals surface area contributed by atoms with E-state index in [0.717, 1.165) is 13.1 Å². The van der Waals surface area contributed by atoms with Gasteiger partial charge in [-0.3, -0.25) is 4.90 Å². The molecule has 0 aromatic carbocycles. The summed E-state index contributed by atoms with van der Waals surface area (Å²) >= 11 is 0. The number of rotatable bonds is 6. The smallest absolute Gasteiger partial charge is 0.0666 e. The van der Waals surface area contributed by atoms with Gasteiger partial charge in [0.25, 0.3) is 0 Å². The maximum atomic E-state index is 8.73. The summed E-state index contributed by atoms with van der Waals surface area (Å²) in [5, 5.41) is 8.73. The van der Waals surface area contributed by atoms with E-state index in [2.05, 4.69) is 31.7 Å². The topological polar surface area (TPSA) is 27.0 Å². The molecule has 0 heterocycles. The van der Waals surface area contributed by atoms with Crippen LogP contribution in [0.5, 0.6) is 0 Å². The monoisotopic (exact) mass is 182 g/mol. The molecule has 0 bridgehead atoms. The van der Waals surface area contributed by atoms with Crippen molar-refractivity contribution < 1.29 is 0 Å². The summed E-state index contributed by atoms with van der Waals surface area (Å²) in [6.45, 7) is 10.6. The standard InChI is InChI=1S/C11H22N2/c1-5-11(6-2)13(7-3)9-10(4)8-12/h10-11H,5-7,9H2,1-4H3. The lowest BCUT2D eigenvalue weighted by Gasteiger charge is -2.29. The van der Waals surface area contributed by atoms with Crippen LogP contribution in [0, 0.1) is 17.2 Å². The first-order chi connectivity index (χ1) is 6.19. The molecule has 0 fully saturated rings. The van der Waals surface area contributed by atoms with E-state index in [-0.39, 0.29) is 5.92 Å². The van der Waals surface area contributed by atoms with Crippen molar-refractivity contribution in [3.63, 3.8) is 0 Å². The predicted octanol–water partition coefficient (Wildman–Crippen LogP) is 2.66. The fraction of sp³-hybridized carbons (Fsp3) is 0.909. The fourth-order valence-corrected chi connectivity index (χ4v) is 1.73. The minimum atomic E-state index is 0.153. The zero-order chi connectivity index (χ0) is 10.3. The lowest BCUT2D eigenvalue weighted by atomic mass is 10.1. The summed E-state index contributed by atoms with van der Waals surface area (Å²) < 4.78 is 0. The van der Waals surface area contributed by atoms with Gasteiger partial charge in [0.2, 0.25) is 0 Å². The minimum Gasteiger partial charge on any atom is -0.299 e. The molecule has 76 valence electrons. The van der Waals surface area contributed by atoms with Gasteiger partial charge >= 0.3 is 0 Å². The van der Waals surface area contributed by atoms with E-state index >= 15 is 0 Å². The van der Waals surface area contributed by atoms with Gasteiger partial charge in [-0.25, -0.2) is 0 Å². The van der Waals surface area contributed by atoms with Gasteiger partial charge in [0.1, 0.15) is 0 Å². The van der Waals surface area contributed by atoms with E-state index in [4.69, 9.17) is 5.26 Å². The Morgan fingerprint density at radius 3 is 2.08 bits per heavy atom. The molecule has 13 heavy (non-hydrogen) atoms. The number of hydrogen-bond acceptors (Lipinski definition) is 2. The van der Waals surface area contributed by atoms with Gasteiger partial charge in [0, 0.05) is 12.6 Å². The SMILES string of the molecule is CCC(CC)N(CC)CC(C)C#N. The van der Waals surface area contributed by atoms with Crippen LogP contribution >= 0.6 is 0 Å². The van der Waals surface area contributed by atoms with Crippen molar-refractivity contribution in [2.45, 2.75) is 46.6 Å². The van der Waals surface area contributed by atoms with Crippen molar-refractivity contribution >= 4 is 0 Å². The molecule has 0 aromatic rings. The highest BCUT2D eigenvalue weighted by molar-refractivity contribution is 4.83. The van der Waals surface area contributed by atoms with E-state index in [1.54, 1.807) is 0 Å². The Morgan fingerprint density at radius 1 is 1.23 bits per heavy atom. The maximum absolute atomic E-state index is 8.73. The van der Waals surface area contributed by atoms with Gasteiger partial charge in [0.05, 0.1) is 12.0 Å². The Balaban J connectivity index is 4.08. The first kappa shape index (κ1) is 12.4. The van der Waals surface area contributed by atoms with Gasteiger partial charge in [-0.2, -0.15) is 5.26 Å². The largest absolute Gasteiger partial charge is 0.299 e. The van der Waals surface area contributed by atoms with Crippen LogP contribution in [0.4, 0.5) is 0 Å². The fourth-order valence-electron chi connectivity index (χ4n) is 1.73. The Kier molecular flexibility index (Phi) is 6.62. The highest BCUT2D eigenvalue weighted by atomic mass is 15.1. The van der Waals surface area contributed by atoms with Crippen LogP contribution in [0.3, 0.4) is 0 Å². The molecule has 1 unspecified atom stereocenters. The molecule has 0 spiro atoms. The Bertz CT molecular complexity index is 156. The van der Waals surface area contributed by atoms with Crippen LogP contribution in [-0.4, -0.2) is 24.0 Å². The van der Waals surface area contributed by atoms with Crippen LogP contribution in [0.15, 0.2) is 0 Å². The number of hydrogen-bond donors (Lipinski definition) is 0. The van der Waals surface area contributed by atoms with E-state index < -0.39 is 0 Å². The third kappa shape index (κ3) is 4.28. The summed E-state index contributed by atoms with van der Waals surface area (Å²) in [6, 6.07) is 2.94. The molecular formula is C11H22N2. The van der Waals surface area contributed by atoms with E-state index in [9.17, 15) is 0 Å². The second kappa shape index (κ2) is 6.91.